The van der Waals surface area contributed by atoms with Gasteiger partial charge in [0.05, 0.1) is 4.92 Å². The lowest BCUT2D eigenvalue weighted by atomic mass is 9.92. The highest BCUT2D eigenvalue weighted by molar-refractivity contribution is 5.94. The maximum Gasteiger partial charge on any atom is 0.272 e. The molecule has 24 heavy (non-hydrogen) atoms. The summed E-state index contributed by atoms with van der Waals surface area (Å²) in [5.74, 6) is 1.31. The van der Waals surface area contributed by atoms with Crippen molar-refractivity contribution in [1.29, 1.82) is 0 Å². The molecule has 132 valence electrons. The Hall–Kier alpha value is -1.95. The average molecular weight is 333 g/mol. The number of likely N-dealkylation sites (tertiary alicyclic amines) is 1. The van der Waals surface area contributed by atoms with Crippen molar-refractivity contribution in [2.24, 2.45) is 11.8 Å². The Kier molecular flexibility index (Phi) is 6.31. The van der Waals surface area contributed by atoms with Crippen LogP contribution in [0.2, 0.25) is 0 Å². The number of nitrogens with one attached hydrogen (secondary N) is 1. The molecule has 0 radical (unpaired) electrons. The fraction of sp³-hybridized carbons (Fsp3) is 0.611. The van der Waals surface area contributed by atoms with Gasteiger partial charge >= 0.3 is 0 Å². The van der Waals surface area contributed by atoms with E-state index < -0.39 is 4.92 Å². The van der Waals surface area contributed by atoms with Gasteiger partial charge in [-0.3, -0.25) is 14.9 Å². The van der Waals surface area contributed by atoms with E-state index in [1.54, 1.807) is 13.0 Å². The minimum Gasteiger partial charge on any atom is -0.352 e. The number of benzene rings is 1. The number of nitro benzene ring substituents is 1. The molecule has 2 atom stereocenters. The average Bonchev–Trinajstić information content (AvgIpc) is 2.50. The summed E-state index contributed by atoms with van der Waals surface area (Å²) in [4.78, 5) is 25.0. The number of amides is 1. The van der Waals surface area contributed by atoms with Crippen LogP contribution in [0.5, 0.6) is 0 Å². The minimum atomic E-state index is -0.433. The first-order valence-corrected chi connectivity index (χ1v) is 8.62. The molecule has 1 heterocycles. The summed E-state index contributed by atoms with van der Waals surface area (Å²) in [5, 5.41) is 13.7. The van der Waals surface area contributed by atoms with Crippen molar-refractivity contribution < 1.29 is 9.72 Å². The van der Waals surface area contributed by atoms with Gasteiger partial charge in [0.15, 0.2) is 0 Å². The van der Waals surface area contributed by atoms with E-state index in [9.17, 15) is 14.9 Å². The van der Waals surface area contributed by atoms with E-state index in [0.717, 1.165) is 37.9 Å². The van der Waals surface area contributed by atoms with Crippen LogP contribution in [0.15, 0.2) is 18.2 Å². The Labute approximate surface area is 143 Å². The van der Waals surface area contributed by atoms with Crippen LogP contribution in [0.3, 0.4) is 0 Å². The predicted molar refractivity (Wildman–Crippen MR) is 94.2 cm³/mol. The number of aryl methyl sites for hydroxylation is 1. The summed E-state index contributed by atoms with van der Waals surface area (Å²) < 4.78 is 0. The van der Waals surface area contributed by atoms with Crippen molar-refractivity contribution in [3.8, 4) is 0 Å². The third-order valence-electron chi connectivity index (χ3n) is 4.54. The number of nitro groups is 1. The van der Waals surface area contributed by atoms with Gasteiger partial charge in [-0.25, -0.2) is 0 Å². The zero-order valence-electron chi connectivity index (χ0n) is 14.7. The molecule has 0 unspecified atom stereocenters. The van der Waals surface area contributed by atoms with Crippen LogP contribution in [-0.4, -0.2) is 41.9 Å². The molecule has 0 saturated carbocycles. The van der Waals surface area contributed by atoms with Gasteiger partial charge in [0.2, 0.25) is 0 Å². The first-order chi connectivity index (χ1) is 11.4. The first kappa shape index (κ1) is 18.4. The van der Waals surface area contributed by atoms with Gasteiger partial charge in [0.1, 0.15) is 0 Å². The number of piperidine rings is 1. The molecule has 6 heteroatoms. The monoisotopic (exact) mass is 333 g/mol. The summed E-state index contributed by atoms with van der Waals surface area (Å²) in [6.45, 7) is 10.1. The smallest absolute Gasteiger partial charge is 0.272 e. The molecule has 1 aromatic carbocycles. The van der Waals surface area contributed by atoms with Crippen molar-refractivity contribution in [2.75, 3.05) is 26.2 Å². The molecule has 1 aromatic rings. The molecule has 0 aromatic heterocycles. The molecule has 1 saturated heterocycles. The Morgan fingerprint density at radius 1 is 1.33 bits per heavy atom. The van der Waals surface area contributed by atoms with E-state index in [0.29, 0.717) is 17.7 Å². The Morgan fingerprint density at radius 2 is 2.00 bits per heavy atom. The molecule has 1 aliphatic heterocycles. The molecule has 6 nitrogen and oxygen atoms in total. The molecule has 1 aliphatic rings. The Balaban J connectivity index is 1.77. The van der Waals surface area contributed by atoms with Gasteiger partial charge in [-0.1, -0.05) is 13.8 Å². The van der Waals surface area contributed by atoms with Crippen molar-refractivity contribution in [3.05, 3.63) is 39.4 Å². The van der Waals surface area contributed by atoms with E-state index in [4.69, 9.17) is 0 Å². The normalized spacial score (nSPS) is 21.5. The van der Waals surface area contributed by atoms with Crippen LogP contribution in [0, 0.1) is 28.9 Å². The van der Waals surface area contributed by atoms with Gasteiger partial charge in [-0.05, 0) is 50.3 Å². The van der Waals surface area contributed by atoms with Gasteiger partial charge < -0.3 is 10.2 Å². The van der Waals surface area contributed by atoms with E-state index in [2.05, 4.69) is 24.1 Å². The highest BCUT2D eigenvalue weighted by Gasteiger charge is 2.21. The number of carbonyl (C=O) groups is 1. The summed E-state index contributed by atoms with van der Waals surface area (Å²) in [5.41, 5.74) is 1.02. The number of hydrogen-bond donors (Lipinski definition) is 1. The van der Waals surface area contributed by atoms with E-state index >= 15 is 0 Å². The highest BCUT2D eigenvalue weighted by atomic mass is 16.6. The van der Waals surface area contributed by atoms with Crippen LogP contribution >= 0.6 is 0 Å². The fourth-order valence-corrected chi connectivity index (χ4v) is 3.58. The quantitative estimate of drug-likeness (QED) is 0.493. The van der Waals surface area contributed by atoms with Crippen LogP contribution in [0.1, 0.15) is 42.6 Å². The molecular formula is C18H27N3O3. The molecule has 0 bridgehead atoms. The lowest BCUT2D eigenvalue weighted by Gasteiger charge is -2.34. The third kappa shape index (κ3) is 5.03. The second-order valence-electron chi connectivity index (χ2n) is 7.07. The largest absolute Gasteiger partial charge is 0.352 e. The van der Waals surface area contributed by atoms with Crippen LogP contribution < -0.4 is 5.32 Å². The van der Waals surface area contributed by atoms with Crippen molar-refractivity contribution in [3.63, 3.8) is 0 Å². The summed E-state index contributed by atoms with van der Waals surface area (Å²) >= 11 is 0. The highest BCUT2D eigenvalue weighted by Crippen LogP contribution is 2.21. The summed E-state index contributed by atoms with van der Waals surface area (Å²) in [6, 6.07) is 4.47. The maximum absolute atomic E-state index is 12.1. The van der Waals surface area contributed by atoms with Crippen LogP contribution in [0.4, 0.5) is 5.69 Å². The van der Waals surface area contributed by atoms with Crippen molar-refractivity contribution in [2.45, 2.75) is 33.6 Å². The zero-order chi connectivity index (χ0) is 17.7. The molecule has 1 fully saturated rings. The predicted octanol–water partition coefficient (Wildman–Crippen LogP) is 3.00. The Bertz CT molecular complexity index is 593. The van der Waals surface area contributed by atoms with E-state index in [1.807, 2.05) is 0 Å². The van der Waals surface area contributed by atoms with E-state index in [1.165, 1.54) is 18.6 Å². The number of hydrogen-bond acceptors (Lipinski definition) is 4. The lowest BCUT2D eigenvalue weighted by Crippen LogP contribution is -2.40. The van der Waals surface area contributed by atoms with Crippen LogP contribution in [-0.2, 0) is 0 Å². The number of rotatable bonds is 6. The van der Waals surface area contributed by atoms with Gasteiger partial charge in [-0.15, -0.1) is 0 Å². The van der Waals surface area contributed by atoms with Gasteiger partial charge in [-0.2, -0.15) is 0 Å². The Morgan fingerprint density at radius 3 is 2.58 bits per heavy atom. The summed E-state index contributed by atoms with van der Waals surface area (Å²) in [6.07, 6.45) is 2.21. The van der Waals surface area contributed by atoms with Crippen LogP contribution in [0.25, 0.3) is 0 Å². The number of nitrogens with zero attached hydrogens (tertiary/aromatic N) is 2. The van der Waals surface area contributed by atoms with E-state index in [-0.39, 0.29) is 11.6 Å². The zero-order valence-corrected chi connectivity index (χ0v) is 14.7. The maximum atomic E-state index is 12.1. The lowest BCUT2D eigenvalue weighted by molar-refractivity contribution is -0.385. The second kappa shape index (κ2) is 8.24. The molecule has 1 amide bonds. The first-order valence-electron chi connectivity index (χ1n) is 8.62. The molecule has 2 rings (SSSR count). The molecule has 0 spiro atoms. The van der Waals surface area contributed by atoms with Crippen molar-refractivity contribution >= 4 is 11.6 Å². The number of carbonyl (C=O) groups excluding carboxylic acids is 1. The topological polar surface area (TPSA) is 75.5 Å². The SMILES string of the molecule is Cc1cc(C(=O)NCCCN2C[C@@H](C)C[C@H](C)C2)ccc1[N+](=O)[O-]. The third-order valence-corrected chi connectivity index (χ3v) is 4.54. The molecule has 1 N–H and O–H groups in total. The molecule has 0 aliphatic carbocycles. The standard InChI is InChI=1S/C18H27N3O3/c1-13-9-14(2)12-20(11-13)8-4-7-19-18(22)16-5-6-17(21(23)24)15(3)10-16/h5-6,10,13-14H,4,7-9,11-12H2,1-3H3,(H,19,22)/t13-,14-/m0/s1. The van der Waals surface area contributed by atoms with Gasteiger partial charge in [0, 0.05) is 36.8 Å². The fourth-order valence-electron chi connectivity index (χ4n) is 3.58. The summed E-state index contributed by atoms with van der Waals surface area (Å²) in [7, 11) is 0. The van der Waals surface area contributed by atoms with Gasteiger partial charge in [0.25, 0.3) is 11.6 Å². The molecular weight excluding hydrogens is 306 g/mol. The second-order valence-corrected chi connectivity index (χ2v) is 7.07. The van der Waals surface area contributed by atoms with Crippen molar-refractivity contribution in [1.82, 2.24) is 10.2 Å². The minimum absolute atomic E-state index is 0.0416.